The highest BCUT2D eigenvalue weighted by Gasteiger charge is 2.16. The Morgan fingerprint density at radius 3 is 3.00 bits per heavy atom. The summed E-state index contributed by atoms with van der Waals surface area (Å²) in [5, 5.41) is 3.08. The summed E-state index contributed by atoms with van der Waals surface area (Å²) < 4.78 is 5.30. The minimum Gasteiger partial charge on any atom is -0.495 e. The Kier molecular flexibility index (Phi) is 4.24. The second-order valence-electron chi connectivity index (χ2n) is 3.92. The number of hydrogen-bond acceptors (Lipinski definition) is 6. The molecule has 5 nitrogen and oxygen atoms in total. The van der Waals surface area contributed by atoms with Crippen molar-refractivity contribution >= 4 is 11.3 Å². The first-order chi connectivity index (χ1) is 8.74. The number of hydrogen-bond donors (Lipinski definition) is 2. The van der Waals surface area contributed by atoms with E-state index >= 15 is 0 Å². The highest BCUT2D eigenvalue weighted by Crippen LogP contribution is 2.26. The van der Waals surface area contributed by atoms with Gasteiger partial charge >= 0.3 is 0 Å². The van der Waals surface area contributed by atoms with Crippen molar-refractivity contribution in [1.82, 2.24) is 15.4 Å². The third-order valence-electron chi connectivity index (χ3n) is 2.66. The smallest absolute Gasteiger partial charge is 0.141 e. The molecule has 1 atom stereocenters. The number of ether oxygens (including phenoxy) is 1. The molecule has 0 radical (unpaired) electrons. The summed E-state index contributed by atoms with van der Waals surface area (Å²) in [4.78, 5) is 8.48. The van der Waals surface area contributed by atoms with E-state index in [2.05, 4.69) is 15.4 Å². The molecule has 0 bridgehead atoms. The quantitative estimate of drug-likeness (QED) is 0.634. The van der Waals surface area contributed by atoms with Crippen molar-refractivity contribution in [1.29, 1.82) is 0 Å². The van der Waals surface area contributed by atoms with Crippen LogP contribution < -0.4 is 16.0 Å². The maximum absolute atomic E-state index is 5.63. The number of nitrogens with one attached hydrogen (secondary N) is 1. The van der Waals surface area contributed by atoms with E-state index in [9.17, 15) is 0 Å². The Bertz CT molecular complexity index is 514. The fourth-order valence-corrected chi connectivity index (χ4v) is 2.60. The van der Waals surface area contributed by atoms with Crippen molar-refractivity contribution in [3.8, 4) is 5.75 Å². The van der Waals surface area contributed by atoms with E-state index in [0.717, 1.165) is 28.4 Å². The van der Waals surface area contributed by atoms with Crippen LogP contribution in [0.5, 0.6) is 5.75 Å². The fourth-order valence-electron chi connectivity index (χ4n) is 1.78. The Morgan fingerprint density at radius 1 is 1.56 bits per heavy atom. The molecule has 2 heterocycles. The number of aromatic nitrogens is 2. The van der Waals surface area contributed by atoms with Gasteiger partial charge in [0.05, 0.1) is 24.4 Å². The van der Waals surface area contributed by atoms with Gasteiger partial charge in [0.15, 0.2) is 0 Å². The summed E-state index contributed by atoms with van der Waals surface area (Å²) in [6.07, 6.45) is 4.15. The summed E-state index contributed by atoms with van der Waals surface area (Å²) in [5.74, 6) is 6.36. The van der Waals surface area contributed by atoms with Gasteiger partial charge in [-0.2, -0.15) is 0 Å². The second-order valence-corrected chi connectivity index (χ2v) is 4.87. The summed E-state index contributed by atoms with van der Waals surface area (Å²) >= 11 is 1.64. The second kappa shape index (κ2) is 5.90. The normalized spacial score (nSPS) is 12.4. The van der Waals surface area contributed by atoms with Crippen LogP contribution >= 0.6 is 11.3 Å². The topological polar surface area (TPSA) is 73.1 Å². The first-order valence-corrected chi connectivity index (χ1v) is 6.47. The van der Waals surface area contributed by atoms with Gasteiger partial charge in [-0.15, -0.1) is 11.3 Å². The summed E-state index contributed by atoms with van der Waals surface area (Å²) in [5.41, 5.74) is 4.83. The van der Waals surface area contributed by atoms with E-state index in [1.807, 2.05) is 18.4 Å². The lowest BCUT2D eigenvalue weighted by atomic mass is 10.1. The van der Waals surface area contributed by atoms with E-state index in [4.69, 9.17) is 10.6 Å². The largest absolute Gasteiger partial charge is 0.495 e. The zero-order chi connectivity index (χ0) is 13.0. The molecule has 0 spiro atoms. The molecule has 0 amide bonds. The number of methoxy groups -OCH3 is 1. The third kappa shape index (κ3) is 2.84. The number of nitrogens with zero attached hydrogens (tertiary/aromatic N) is 2. The molecule has 96 valence electrons. The van der Waals surface area contributed by atoms with Gasteiger partial charge in [-0.1, -0.05) is 0 Å². The van der Waals surface area contributed by atoms with Crippen LogP contribution in [0.15, 0.2) is 23.8 Å². The van der Waals surface area contributed by atoms with Gasteiger partial charge in [0, 0.05) is 29.3 Å². The fraction of sp³-hybridized carbons (Fsp3) is 0.333. The molecular formula is C12H16N4OS. The number of aryl methyl sites for hydroxylation is 1. The third-order valence-corrected chi connectivity index (χ3v) is 3.65. The van der Waals surface area contributed by atoms with Crippen LogP contribution in [-0.4, -0.2) is 17.1 Å². The van der Waals surface area contributed by atoms with Gasteiger partial charge in [-0.3, -0.25) is 16.3 Å². The monoisotopic (exact) mass is 264 g/mol. The average molecular weight is 264 g/mol. The zero-order valence-electron chi connectivity index (χ0n) is 10.4. The predicted octanol–water partition coefficient (Wildman–Crippen LogP) is 1.60. The van der Waals surface area contributed by atoms with Crippen LogP contribution in [0.3, 0.4) is 0 Å². The van der Waals surface area contributed by atoms with Gasteiger partial charge in [-0.05, 0) is 13.0 Å². The molecule has 0 fully saturated rings. The lowest BCUT2D eigenvalue weighted by Crippen LogP contribution is -2.30. The van der Waals surface area contributed by atoms with E-state index in [0.29, 0.717) is 0 Å². The molecule has 2 aromatic heterocycles. The van der Waals surface area contributed by atoms with E-state index in [1.54, 1.807) is 30.8 Å². The van der Waals surface area contributed by atoms with Crippen molar-refractivity contribution < 1.29 is 4.74 Å². The standard InChI is InChI=1S/C12H16N4OS/c1-8-7-18-12(15-8)5-10(16-13)9-3-4-14-6-11(9)17-2/h3-4,6-7,10,16H,5,13H2,1-2H3. The van der Waals surface area contributed by atoms with Crippen molar-refractivity contribution in [3.63, 3.8) is 0 Å². The van der Waals surface area contributed by atoms with Crippen LogP contribution in [-0.2, 0) is 6.42 Å². The van der Waals surface area contributed by atoms with Crippen LogP contribution in [0.25, 0.3) is 0 Å². The molecule has 1 unspecified atom stereocenters. The van der Waals surface area contributed by atoms with E-state index in [-0.39, 0.29) is 6.04 Å². The Labute approximate surface area is 110 Å². The lowest BCUT2D eigenvalue weighted by Gasteiger charge is -2.17. The average Bonchev–Trinajstić information content (AvgIpc) is 2.81. The number of nitrogens with two attached hydrogens (primary N) is 1. The molecular weight excluding hydrogens is 248 g/mol. The summed E-state index contributed by atoms with van der Waals surface area (Å²) in [7, 11) is 1.63. The number of hydrazine groups is 1. The minimum atomic E-state index is -0.0338. The molecule has 0 aliphatic rings. The van der Waals surface area contributed by atoms with Gasteiger partial charge < -0.3 is 4.74 Å². The van der Waals surface area contributed by atoms with Crippen LogP contribution in [0, 0.1) is 6.92 Å². The van der Waals surface area contributed by atoms with Crippen LogP contribution in [0.4, 0.5) is 0 Å². The maximum Gasteiger partial charge on any atom is 0.141 e. The Balaban J connectivity index is 2.22. The van der Waals surface area contributed by atoms with Crippen LogP contribution in [0.2, 0.25) is 0 Å². The summed E-state index contributed by atoms with van der Waals surface area (Å²) in [6.45, 7) is 1.98. The lowest BCUT2D eigenvalue weighted by molar-refractivity contribution is 0.397. The highest BCUT2D eigenvalue weighted by molar-refractivity contribution is 7.09. The van der Waals surface area contributed by atoms with Gasteiger partial charge in [-0.25, -0.2) is 4.98 Å². The maximum atomic E-state index is 5.63. The number of thiazole rings is 1. The molecule has 3 N–H and O–H groups in total. The number of pyridine rings is 1. The van der Waals surface area contributed by atoms with Crippen molar-refractivity contribution in [2.75, 3.05) is 7.11 Å². The SMILES string of the molecule is COc1cnccc1C(Cc1nc(C)cs1)NN. The van der Waals surface area contributed by atoms with E-state index in [1.165, 1.54) is 0 Å². The van der Waals surface area contributed by atoms with Crippen molar-refractivity contribution in [3.05, 3.63) is 40.1 Å². The first kappa shape index (κ1) is 12.9. The molecule has 0 aromatic carbocycles. The molecule has 6 heteroatoms. The Hall–Kier alpha value is -1.50. The predicted molar refractivity (Wildman–Crippen MR) is 71.4 cm³/mol. The molecule has 0 aliphatic carbocycles. The summed E-state index contributed by atoms with van der Waals surface area (Å²) in [6, 6.07) is 1.87. The molecule has 0 saturated carbocycles. The molecule has 0 aliphatic heterocycles. The van der Waals surface area contributed by atoms with Crippen molar-refractivity contribution in [2.24, 2.45) is 5.84 Å². The van der Waals surface area contributed by atoms with Crippen molar-refractivity contribution in [2.45, 2.75) is 19.4 Å². The van der Waals surface area contributed by atoms with Gasteiger partial charge in [0.2, 0.25) is 0 Å². The first-order valence-electron chi connectivity index (χ1n) is 5.59. The zero-order valence-corrected chi connectivity index (χ0v) is 11.2. The van der Waals surface area contributed by atoms with Gasteiger partial charge in [0.1, 0.15) is 5.75 Å². The molecule has 2 rings (SSSR count). The highest BCUT2D eigenvalue weighted by atomic mass is 32.1. The molecule has 0 saturated heterocycles. The van der Waals surface area contributed by atoms with Crippen LogP contribution in [0.1, 0.15) is 22.3 Å². The molecule has 18 heavy (non-hydrogen) atoms. The van der Waals surface area contributed by atoms with Gasteiger partial charge in [0.25, 0.3) is 0 Å². The van der Waals surface area contributed by atoms with E-state index < -0.39 is 0 Å². The Morgan fingerprint density at radius 2 is 2.39 bits per heavy atom. The molecule has 2 aromatic rings. The minimum absolute atomic E-state index is 0.0338. The number of rotatable bonds is 5.